The van der Waals surface area contributed by atoms with Crippen LogP contribution in [0, 0.1) is 15.9 Å². The molecule has 0 fully saturated rings. The molecule has 2 aromatic rings. The van der Waals surface area contributed by atoms with Gasteiger partial charge in [-0.25, -0.2) is 4.39 Å². The largest absolute Gasteiger partial charge is 0.490 e. The Kier molecular flexibility index (Phi) is 7.26. The van der Waals surface area contributed by atoms with Crippen LogP contribution in [-0.4, -0.2) is 43.7 Å². The summed E-state index contributed by atoms with van der Waals surface area (Å²) in [6.45, 7) is -0.652. The van der Waals surface area contributed by atoms with Gasteiger partial charge in [-0.15, -0.1) is 0 Å². The number of esters is 1. The molecule has 0 aromatic heterocycles. The maximum atomic E-state index is 13.3. The first kappa shape index (κ1) is 20.6. The molecule has 0 unspecified atom stereocenters. The highest BCUT2D eigenvalue weighted by molar-refractivity contribution is 5.96. The third-order valence-corrected chi connectivity index (χ3v) is 3.47. The van der Waals surface area contributed by atoms with E-state index in [1.165, 1.54) is 37.4 Å². The van der Waals surface area contributed by atoms with Crippen LogP contribution in [0.1, 0.15) is 10.4 Å². The molecule has 10 heteroatoms. The number of carbonyl (C=O) groups excluding carboxylic acids is 2. The van der Waals surface area contributed by atoms with E-state index in [-0.39, 0.29) is 36.0 Å². The summed E-state index contributed by atoms with van der Waals surface area (Å²) in [6, 6.07) is 9.44. The van der Waals surface area contributed by atoms with Gasteiger partial charge in [-0.1, -0.05) is 12.1 Å². The summed E-state index contributed by atoms with van der Waals surface area (Å²) in [7, 11) is 1.27. The SMILES string of the molecule is COc1ccc(C(=O)NCC(=O)OCCOc2ccccc2F)cc1[N+](=O)[O-]. The van der Waals surface area contributed by atoms with Gasteiger partial charge in [0.25, 0.3) is 5.91 Å². The van der Waals surface area contributed by atoms with E-state index in [4.69, 9.17) is 14.2 Å². The number of methoxy groups -OCH3 is 1. The first-order valence-corrected chi connectivity index (χ1v) is 8.06. The zero-order valence-electron chi connectivity index (χ0n) is 14.8. The van der Waals surface area contributed by atoms with Gasteiger partial charge in [0.05, 0.1) is 12.0 Å². The van der Waals surface area contributed by atoms with Gasteiger partial charge in [0.15, 0.2) is 17.3 Å². The number of hydrogen-bond donors (Lipinski definition) is 1. The fraction of sp³-hybridized carbons (Fsp3) is 0.222. The van der Waals surface area contributed by atoms with Crippen LogP contribution in [0.5, 0.6) is 11.5 Å². The van der Waals surface area contributed by atoms with Crippen molar-refractivity contribution in [2.24, 2.45) is 0 Å². The number of nitrogens with one attached hydrogen (secondary N) is 1. The van der Waals surface area contributed by atoms with E-state index in [1.807, 2.05) is 0 Å². The maximum Gasteiger partial charge on any atom is 0.325 e. The number of carbonyl (C=O) groups is 2. The van der Waals surface area contributed by atoms with Gasteiger partial charge in [0.1, 0.15) is 19.8 Å². The molecule has 2 rings (SSSR count). The minimum Gasteiger partial charge on any atom is -0.490 e. The van der Waals surface area contributed by atoms with Crippen LogP contribution in [0.15, 0.2) is 42.5 Å². The lowest BCUT2D eigenvalue weighted by Crippen LogP contribution is -2.31. The summed E-state index contributed by atoms with van der Waals surface area (Å²) < 4.78 is 28.2. The molecule has 28 heavy (non-hydrogen) atoms. The lowest BCUT2D eigenvalue weighted by molar-refractivity contribution is -0.385. The molecular weight excluding hydrogens is 375 g/mol. The van der Waals surface area contributed by atoms with Gasteiger partial charge in [0, 0.05) is 11.6 Å². The van der Waals surface area contributed by atoms with Gasteiger partial charge >= 0.3 is 11.7 Å². The number of benzene rings is 2. The lowest BCUT2D eigenvalue weighted by atomic mass is 10.1. The molecule has 0 atom stereocenters. The number of nitro benzene ring substituents is 1. The van der Waals surface area contributed by atoms with E-state index in [1.54, 1.807) is 6.07 Å². The average Bonchev–Trinajstić information content (AvgIpc) is 2.70. The van der Waals surface area contributed by atoms with Crippen LogP contribution in [0.3, 0.4) is 0 Å². The van der Waals surface area contributed by atoms with E-state index in [0.717, 1.165) is 6.07 Å². The predicted molar refractivity (Wildman–Crippen MR) is 94.8 cm³/mol. The average molecular weight is 392 g/mol. The van der Waals surface area contributed by atoms with E-state index in [0.29, 0.717) is 0 Å². The molecule has 0 bridgehead atoms. The molecular formula is C18H17FN2O7. The zero-order valence-corrected chi connectivity index (χ0v) is 14.8. The Labute approximate surface area is 159 Å². The van der Waals surface area contributed by atoms with Crippen LogP contribution >= 0.6 is 0 Å². The number of rotatable bonds is 9. The van der Waals surface area contributed by atoms with Crippen molar-refractivity contribution >= 4 is 17.6 Å². The van der Waals surface area contributed by atoms with Crippen molar-refractivity contribution in [3.63, 3.8) is 0 Å². The molecule has 0 spiro atoms. The second-order valence-corrected chi connectivity index (χ2v) is 5.33. The molecule has 0 saturated carbocycles. The van der Waals surface area contributed by atoms with E-state index >= 15 is 0 Å². The van der Waals surface area contributed by atoms with E-state index in [9.17, 15) is 24.1 Å². The van der Waals surface area contributed by atoms with Crippen molar-refractivity contribution < 1.29 is 33.1 Å². The highest BCUT2D eigenvalue weighted by atomic mass is 19.1. The third kappa shape index (κ3) is 5.66. The number of nitro groups is 1. The Balaban J connectivity index is 1.78. The Morgan fingerprint density at radius 1 is 1.14 bits per heavy atom. The number of amides is 1. The third-order valence-electron chi connectivity index (χ3n) is 3.47. The van der Waals surface area contributed by atoms with Crippen molar-refractivity contribution in [3.05, 3.63) is 64.0 Å². The molecule has 9 nitrogen and oxygen atoms in total. The minimum atomic E-state index is -0.742. The number of ether oxygens (including phenoxy) is 3. The summed E-state index contributed by atoms with van der Waals surface area (Å²) in [5.74, 6) is -1.92. The highest BCUT2D eigenvalue weighted by Crippen LogP contribution is 2.27. The number of hydrogen-bond acceptors (Lipinski definition) is 7. The van der Waals surface area contributed by atoms with Crippen molar-refractivity contribution in [2.45, 2.75) is 0 Å². The predicted octanol–water partition coefficient (Wildman–Crippen LogP) is 2.09. The molecule has 148 valence electrons. The Morgan fingerprint density at radius 2 is 1.89 bits per heavy atom. The monoisotopic (exact) mass is 392 g/mol. The molecule has 0 saturated heterocycles. The number of para-hydroxylation sites is 1. The summed E-state index contributed by atoms with van der Waals surface area (Å²) >= 11 is 0. The molecule has 1 amide bonds. The molecule has 0 aliphatic heterocycles. The lowest BCUT2D eigenvalue weighted by Gasteiger charge is -2.09. The van der Waals surface area contributed by atoms with Crippen LogP contribution in [-0.2, 0) is 9.53 Å². The van der Waals surface area contributed by atoms with Crippen LogP contribution in [0.4, 0.5) is 10.1 Å². The fourth-order valence-corrected chi connectivity index (χ4v) is 2.15. The van der Waals surface area contributed by atoms with Crippen molar-refractivity contribution in [1.82, 2.24) is 5.32 Å². The first-order chi connectivity index (χ1) is 13.4. The van der Waals surface area contributed by atoms with Crippen LogP contribution < -0.4 is 14.8 Å². The second-order valence-electron chi connectivity index (χ2n) is 5.33. The molecule has 0 aliphatic rings. The molecule has 0 radical (unpaired) electrons. The van der Waals surface area contributed by atoms with Gasteiger partial charge in [-0.05, 0) is 24.3 Å². The molecule has 1 N–H and O–H groups in total. The van der Waals surface area contributed by atoms with Crippen LogP contribution in [0.25, 0.3) is 0 Å². The minimum absolute atomic E-state index is 0.0100. The fourth-order valence-electron chi connectivity index (χ4n) is 2.15. The summed E-state index contributed by atoms with van der Waals surface area (Å²) in [5, 5.41) is 13.3. The van der Waals surface area contributed by atoms with Crippen molar-refractivity contribution in [3.8, 4) is 11.5 Å². The number of halogens is 1. The van der Waals surface area contributed by atoms with Gasteiger partial charge in [0.2, 0.25) is 0 Å². The van der Waals surface area contributed by atoms with E-state index in [2.05, 4.69) is 5.32 Å². The summed E-state index contributed by atoms with van der Waals surface area (Å²) in [5.41, 5.74) is -0.383. The van der Waals surface area contributed by atoms with E-state index < -0.39 is 29.2 Å². The molecule has 0 aliphatic carbocycles. The maximum absolute atomic E-state index is 13.3. The Bertz CT molecular complexity index is 873. The topological polar surface area (TPSA) is 117 Å². The van der Waals surface area contributed by atoms with Gasteiger partial charge in [-0.3, -0.25) is 19.7 Å². The smallest absolute Gasteiger partial charge is 0.325 e. The molecule has 0 heterocycles. The quantitative estimate of drug-likeness (QED) is 0.300. The highest BCUT2D eigenvalue weighted by Gasteiger charge is 2.18. The normalized spacial score (nSPS) is 10.1. The summed E-state index contributed by atoms with van der Waals surface area (Å²) in [4.78, 5) is 34.0. The Morgan fingerprint density at radius 3 is 2.57 bits per heavy atom. The zero-order chi connectivity index (χ0) is 20.5. The standard InChI is InChI=1S/C18H17FN2O7/c1-26-16-7-6-12(10-14(16)21(24)25)18(23)20-11-17(22)28-9-8-27-15-5-3-2-4-13(15)19/h2-7,10H,8-9,11H2,1H3,(H,20,23). The van der Waals surface area contributed by atoms with Crippen molar-refractivity contribution in [2.75, 3.05) is 26.9 Å². The van der Waals surface area contributed by atoms with Gasteiger partial charge < -0.3 is 19.5 Å². The van der Waals surface area contributed by atoms with Gasteiger partial charge in [-0.2, -0.15) is 0 Å². The number of nitrogens with zero attached hydrogens (tertiary/aromatic N) is 1. The Hall–Kier alpha value is -3.69. The second kappa shape index (κ2) is 9.86. The summed E-state index contributed by atoms with van der Waals surface area (Å²) in [6.07, 6.45) is 0. The van der Waals surface area contributed by atoms with Crippen molar-refractivity contribution in [1.29, 1.82) is 0 Å². The first-order valence-electron chi connectivity index (χ1n) is 8.06. The molecule has 2 aromatic carbocycles. The van der Waals surface area contributed by atoms with Crippen LogP contribution in [0.2, 0.25) is 0 Å².